The lowest BCUT2D eigenvalue weighted by Gasteiger charge is -2.38. The lowest BCUT2D eigenvalue weighted by atomic mass is 9.85. The number of nitrogens with one attached hydrogen (secondary N) is 2. The third kappa shape index (κ3) is 8.45. The molecule has 1 aliphatic heterocycles. The number of benzene rings is 1. The number of amidine groups is 1. The summed E-state index contributed by atoms with van der Waals surface area (Å²) in [6, 6.07) is 10.8. The van der Waals surface area contributed by atoms with E-state index in [-0.39, 0.29) is 23.8 Å². The average Bonchev–Trinajstić information content (AvgIpc) is 2.79. The molecule has 1 atom stereocenters. The van der Waals surface area contributed by atoms with Gasteiger partial charge in [0.25, 0.3) is 0 Å². The smallest absolute Gasteiger partial charge is 0.412 e. The Kier molecular flexibility index (Phi) is 10.1. The minimum Gasteiger partial charge on any atom is -0.450 e. The Morgan fingerprint density at radius 3 is 2.38 bits per heavy atom. The van der Waals surface area contributed by atoms with Gasteiger partial charge in [0.2, 0.25) is 5.91 Å². The Hall–Kier alpha value is -2.92. The molecular weight excluding hydrogens is 430 g/mol. The summed E-state index contributed by atoms with van der Waals surface area (Å²) in [5.74, 6) is -0.0354. The first-order valence-corrected chi connectivity index (χ1v) is 12.1. The molecule has 1 aromatic rings. The van der Waals surface area contributed by atoms with Crippen LogP contribution in [0.1, 0.15) is 65.9 Å². The summed E-state index contributed by atoms with van der Waals surface area (Å²) >= 11 is 0. The first-order valence-electron chi connectivity index (χ1n) is 12.1. The van der Waals surface area contributed by atoms with Crippen LogP contribution in [0.2, 0.25) is 0 Å². The molecular formula is C26H39N5O3. The first-order chi connectivity index (χ1) is 16.1. The zero-order valence-electron chi connectivity index (χ0n) is 21.2. The molecule has 1 saturated heterocycles. The van der Waals surface area contributed by atoms with Crippen LogP contribution in [0.4, 0.5) is 4.79 Å². The molecule has 2 amide bonds. The van der Waals surface area contributed by atoms with Gasteiger partial charge in [-0.15, -0.1) is 0 Å². The van der Waals surface area contributed by atoms with E-state index in [4.69, 9.17) is 9.73 Å². The van der Waals surface area contributed by atoms with Crippen molar-refractivity contribution in [2.75, 3.05) is 26.2 Å². The Labute approximate surface area is 203 Å². The van der Waals surface area contributed by atoms with Crippen LogP contribution in [0.5, 0.6) is 0 Å². The first kappa shape index (κ1) is 27.3. The van der Waals surface area contributed by atoms with Crippen molar-refractivity contribution in [3.8, 4) is 6.07 Å². The number of aliphatic imine (C=N–C) groups is 1. The molecule has 8 nitrogen and oxygen atoms in total. The van der Waals surface area contributed by atoms with E-state index in [9.17, 15) is 14.9 Å². The summed E-state index contributed by atoms with van der Waals surface area (Å²) in [6.45, 7) is 12.7. The third-order valence-electron chi connectivity index (χ3n) is 5.76. The molecule has 34 heavy (non-hydrogen) atoms. The second kappa shape index (κ2) is 12.5. The van der Waals surface area contributed by atoms with Crippen molar-refractivity contribution in [2.24, 2.45) is 10.4 Å². The molecule has 0 saturated carbocycles. The number of nitriles is 1. The summed E-state index contributed by atoms with van der Waals surface area (Å²) < 4.78 is 5.04. The molecule has 0 radical (unpaired) electrons. The molecule has 0 aromatic heterocycles. The van der Waals surface area contributed by atoms with E-state index in [1.165, 1.54) is 0 Å². The number of carbonyl (C=O) groups excluding carboxylic acids is 2. The van der Waals surface area contributed by atoms with Crippen molar-refractivity contribution in [1.29, 1.82) is 5.26 Å². The molecule has 0 spiro atoms. The Balaban J connectivity index is 2.33. The normalized spacial score (nSPS) is 17.4. The number of carbonyl (C=O) groups is 2. The van der Waals surface area contributed by atoms with Gasteiger partial charge in [-0.3, -0.25) is 15.1 Å². The predicted molar refractivity (Wildman–Crippen MR) is 133 cm³/mol. The molecule has 186 valence electrons. The Morgan fingerprint density at radius 2 is 1.85 bits per heavy atom. The highest BCUT2D eigenvalue weighted by Gasteiger charge is 2.38. The fraction of sp³-hybridized carbons (Fsp3) is 0.615. The van der Waals surface area contributed by atoms with Crippen LogP contribution in [0.3, 0.4) is 0 Å². The van der Waals surface area contributed by atoms with Gasteiger partial charge >= 0.3 is 6.09 Å². The van der Waals surface area contributed by atoms with Gasteiger partial charge in [0.05, 0.1) is 12.7 Å². The summed E-state index contributed by atoms with van der Waals surface area (Å²) in [5.41, 5.74) is -0.444. The van der Waals surface area contributed by atoms with Gasteiger partial charge in [0, 0.05) is 18.7 Å². The van der Waals surface area contributed by atoms with E-state index < -0.39 is 17.7 Å². The fourth-order valence-corrected chi connectivity index (χ4v) is 4.03. The zero-order valence-corrected chi connectivity index (χ0v) is 21.2. The van der Waals surface area contributed by atoms with E-state index in [0.29, 0.717) is 24.8 Å². The van der Waals surface area contributed by atoms with Crippen LogP contribution in [-0.4, -0.2) is 60.6 Å². The summed E-state index contributed by atoms with van der Waals surface area (Å²) in [5, 5.41) is 15.7. The van der Waals surface area contributed by atoms with Gasteiger partial charge in [0.15, 0.2) is 0 Å². The second-order valence-electron chi connectivity index (χ2n) is 9.99. The maximum atomic E-state index is 13.5. The average molecular weight is 470 g/mol. The molecule has 2 rings (SSSR count). The van der Waals surface area contributed by atoms with Crippen molar-refractivity contribution in [3.63, 3.8) is 0 Å². The van der Waals surface area contributed by atoms with Crippen molar-refractivity contribution in [3.05, 3.63) is 35.9 Å². The van der Waals surface area contributed by atoms with E-state index in [0.717, 1.165) is 26.1 Å². The van der Waals surface area contributed by atoms with Crippen LogP contribution in [0, 0.1) is 16.7 Å². The number of hydrogen-bond donors (Lipinski definition) is 2. The predicted octanol–water partition coefficient (Wildman–Crippen LogP) is 3.87. The van der Waals surface area contributed by atoms with Crippen LogP contribution < -0.4 is 10.6 Å². The number of piperidine rings is 1. The van der Waals surface area contributed by atoms with E-state index >= 15 is 0 Å². The number of likely N-dealkylation sites (tertiary alicyclic amines) is 1. The number of amides is 2. The third-order valence-corrected chi connectivity index (χ3v) is 5.76. The monoisotopic (exact) mass is 469 g/mol. The molecule has 1 aromatic carbocycles. The van der Waals surface area contributed by atoms with Crippen LogP contribution in [0.15, 0.2) is 35.3 Å². The van der Waals surface area contributed by atoms with Crippen LogP contribution in [-0.2, 0) is 9.53 Å². The Morgan fingerprint density at radius 1 is 1.21 bits per heavy atom. The number of rotatable bonds is 8. The topological polar surface area (TPSA) is 107 Å². The van der Waals surface area contributed by atoms with Gasteiger partial charge in [-0.25, -0.2) is 4.79 Å². The molecule has 8 heteroatoms. The van der Waals surface area contributed by atoms with Gasteiger partial charge in [-0.1, -0.05) is 58.0 Å². The SMILES string of the molecule is CCCN1CCC(C#N)(NC(=O)[C@H](CC(C)(C)C)N=C(NC(=O)OCC)c2ccccc2)CC1. The quantitative estimate of drug-likeness (QED) is 0.444. The maximum absolute atomic E-state index is 13.5. The summed E-state index contributed by atoms with van der Waals surface area (Å²) in [4.78, 5) is 32.7. The van der Waals surface area contributed by atoms with Crippen molar-refractivity contribution in [2.45, 2.75) is 71.9 Å². The summed E-state index contributed by atoms with van der Waals surface area (Å²) in [6.07, 6.45) is 2.03. The van der Waals surface area contributed by atoms with Gasteiger partial charge in [-0.05, 0) is 44.6 Å². The standard InChI is InChI=1S/C26H39N5O3/c1-6-15-31-16-13-26(19-27,14-17-31)30-23(32)21(18-25(3,4)5)28-22(29-24(33)34-7-2)20-11-9-8-10-12-20/h8-12,21H,6-7,13-18H2,1-5H3,(H,30,32)(H,28,29,33)/t21-/m0/s1. The van der Waals surface area contributed by atoms with Crippen molar-refractivity contribution < 1.29 is 14.3 Å². The van der Waals surface area contributed by atoms with Crippen LogP contribution in [0.25, 0.3) is 0 Å². The maximum Gasteiger partial charge on any atom is 0.412 e. The Bertz CT molecular complexity index is 878. The fourth-order valence-electron chi connectivity index (χ4n) is 4.03. The van der Waals surface area contributed by atoms with E-state index in [2.05, 4.69) is 28.5 Å². The zero-order chi connectivity index (χ0) is 25.2. The molecule has 2 N–H and O–H groups in total. The van der Waals surface area contributed by atoms with Gasteiger partial charge < -0.3 is 15.0 Å². The number of alkyl carbamates (subject to hydrolysis) is 1. The molecule has 1 heterocycles. The minimum atomic E-state index is -0.908. The number of ether oxygens (including phenoxy) is 1. The van der Waals surface area contributed by atoms with Crippen molar-refractivity contribution >= 4 is 17.8 Å². The van der Waals surface area contributed by atoms with E-state index in [1.54, 1.807) is 6.92 Å². The molecule has 1 aliphatic rings. The molecule has 0 aliphatic carbocycles. The number of hydrogen-bond acceptors (Lipinski definition) is 6. The lowest BCUT2D eigenvalue weighted by molar-refractivity contribution is -0.124. The highest BCUT2D eigenvalue weighted by Crippen LogP contribution is 2.26. The van der Waals surface area contributed by atoms with Crippen LogP contribution >= 0.6 is 0 Å². The highest BCUT2D eigenvalue weighted by atomic mass is 16.5. The van der Waals surface area contributed by atoms with Gasteiger partial charge in [-0.2, -0.15) is 5.26 Å². The second-order valence-corrected chi connectivity index (χ2v) is 9.99. The molecule has 1 fully saturated rings. The lowest BCUT2D eigenvalue weighted by Crippen LogP contribution is -2.56. The highest BCUT2D eigenvalue weighted by molar-refractivity contribution is 6.07. The van der Waals surface area contributed by atoms with Gasteiger partial charge in [0.1, 0.15) is 17.4 Å². The minimum absolute atomic E-state index is 0.207. The molecule has 0 bridgehead atoms. The van der Waals surface area contributed by atoms with Crippen molar-refractivity contribution in [1.82, 2.24) is 15.5 Å². The summed E-state index contributed by atoms with van der Waals surface area (Å²) in [7, 11) is 0. The van der Waals surface area contributed by atoms with E-state index in [1.807, 2.05) is 51.1 Å². The number of nitrogens with zero attached hydrogens (tertiary/aromatic N) is 3. The largest absolute Gasteiger partial charge is 0.450 e. The molecule has 0 unspecified atom stereocenters.